The minimum Gasteiger partial charge on any atom is -0.321 e. The standard InChI is InChI=1S/C10H17ClN2O2/c1-7(2)8-4-3-5-13(8)10(15)12-9(14)6-11/h7-8H,3-6H2,1-2H3,(H,12,14,15). The van der Waals surface area contributed by atoms with Gasteiger partial charge in [0, 0.05) is 12.6 Å². The number of urea groups is 1. The van der Waals surface area contributed by atoms with Crippen LogP contribution in [0.5, 0.6) is 0 Å². The zero-order chi connectivity index (χ0) is 11.4. The van der Waals surface area contributed by atoms with Crippen molar-refractivity contribution >= 4 is 23.5 Å². The second-order valence-corrected chi connectivity index (χ2v) is 4.40. The molecule has 1 fully saturated rings. The molecule has 0 aromatic carbocycles. The highest BCUT2D eigenvalue weighted by molar-refractivity contribution is 6.28. The lowest BCUT2D eigenvalue weighted by Crippen LogP contribution is -2.47. The molecule has 0 aliphatic carbocycles. The Balaban J connectivity index is 2.55. The van der Waals surface area contributed by atoms with Gasteiger partial charge in [0.1, 0.15) is 5.88 Å². The van der Waals surface area contributed by atoms with Crippen molar-refractivity contribution in [2.45, 2.75) is 32.7 Å². The Morgan fingerprint density at radius 3 is 2.73 bits per heavy atom. The van der Waals surface area contributed by atoms with E-state index in [-0.39, 0.29) is 18.0 Å². The number of imide groups is 1. The van der Waals surface area contributed by atoms with Crippen LogP contribution in [-0.4, -0.2) is 35.3 Å². The number of hydrogen-bond acceptors (Lipinski definition) is 2. The maximum atomic E-state index is 11.7. The van der Waals surface area contributed by atoms with E-state index in [0.717, 1.165) is 19.4 Å². The lowest BCUT2D eigenvalue weighted by Gasteiger charge is -2.27. The van der Waals surface area contributed by atoms with Gasteiger partial charge in [-0.2, -0.15) is 0 Å². The van der Waals surface area contributed by atoms with Gasteiger partial charge in [0.25, 0.3) is 0 Å². The Hall–Kier alpha value is -0.770. The third-order valence-corrected chi connectivity index (χ3v) is 2.94. The Bertz CT molecular complexity index is 256. The molecule has 1 aliphatic heterocycles. The van der Waals surface area contributed by atoms with E-state index in [1.807, 2.05) is 0 Å². The van der Waals surface area contributed by atoms with Gasteiger partial charge in [0.2, 0.25) is 5.91 Å². The summed E-state index contributed by atoms with van der Waals surface area (Å²) >= 11 is 5.32. The molecule has 86 valence electrons. The van der Waals surface area contributed by atoms with Crippen LogP contribution >= 0.6 is 11.6 Å². The number of nitrogens with one attached hydrogen (secondary N) is 1. The Morgan fingerprint density at radius 1 is 1.53 bits per heavy atom. The highest BCUT2D eigenvalue weighted by atomic mass is 35.5. The Kier molecular flexibility index (Phi) is 4.39. The summed E-state index contributed by atoms with van der Waals surface area (Å²) in [6, 6.07) is -0.0648. The van der Waals surface area contributed by atoms with E-state index in [1.165, 1.54) is 0 Å². The smallest absolute Gasteiger partial charge is 0.321 e. The minimum absolute atomic E-state index is 0.175. The molecule has 3 amide bonds. The topological polar surface area (TPSA) is 49.4 Å². The quantitative estimate of drug-likeness (QED) is 0.735. The van der Waals surface area contributed by atoms with Crippen LogP contribution in [0.2, 0.25) is 0 Å². The highest BCUT2D eigenvalue weighted by Gasteiger charge is 2.31. The number of halogens is 1. The first-order valence-electron chi connectivity index (χ1n) is 5.22. The molecular formula is C10H17ClN2O2. The van der Waals surface area contributed by atoms with E-state index in [0.29, 0.717) is 5.92 Å². The predicted molar refractivity (Wildman–Crippen MR) is 58.8 cm³/mol. The van der Waals surface area contributed by atoms with Gasteiger partial charge < -0.3 is 4.90 Å². The van der Waals surface area contributed by atoms with Crippen molar-refractivity contribution in [3.63, 3.8) is 0 Å². The zero-order valence-electron chi connectivity index (χ0n) is 9.12. The maximum absolute atomic E-state index is 11.7. The summed E-state index contributed by atoms with van der Waals surface area (Å²) in [5.41, 5.74) is 0. The Morgan fingerprint density at radius 2 is 2.20 bits per heavy atom. The number of hydrogen-bond donors (Lipinski definition) is 1. The molecule has 0 aromatic rings. The van der Waals surface area contributed by atoms with Gasteiger partial charge in [-0.1, -0.05) is 13.8 Å². The van der Waals surface area contributed by atoms with E-state index < -0.39 is 5.91 Å². The number of nitrogens with zero attached hydrogens (tertiary/aromatic N) is 1. The van der Waals surface area contributed by atoms with Gasteiger partial charge in [-0.15, -0.1) is 11.6 Å². The molecule has 1 atom stereocenters. The largest absolute Gasteiger partial charge is 0.324 e. The first kappa shape index (κ1) is 12.3. The molecule has 5 heteroatoms. The van der Waals surface area contributed by atoms with E-state index in [1.54, 1.807) is 4.90 Å². The van der Waals surface area contributed by atoms with Crippen LogP contribution in [0.25, 0.3) is 0 Å². The van der Waals surface area contributed by atoms with Crippen molar-refractivity contribution in [1.82, 2.24) is 10.2 Å². The van der Waals surface area contributed by atoms with Crippen molar-refractivity contribution in [1.29, 1.82) is 0 Å². The molecule has 1 saturated heterocycles. The van der Waals surface area contributed by atoms with Crippen molar-refractivity contribution in [3.05, 3.63) is 0 Å². The highest BCUT2D eigenvalue weighted by Crippen LogP contribution is 2.23. The van der Waals surface area contributed by atoms with Crippen LogP contribution in [0.15, 0.2) is 0 Å². The van der Waals surface area contributed by atoms with Gasteiger partial charge in [0.15, 0.2) is 0 Å². The fourth-order valence-corrected chi connectivity index (χ4v) is 2.03. The van der Waals surface area contributed by atoms with Crippen molar-refractivity contribution < 1.29 is 9.59 Å². The number of rotatable bonds is 2. The molecule has 1 N–H and O–H groups in total. The van der Waals surface area contributed by atoms with E-state index in [4.69, 9.17) is 11.6 Å². The Labute approximate surface area is 95.0 Å². The normalized spacial score (nSPS) is 20.8. The average molecular weight is 233 g/mol. The van der Waals surface area contributed by atoms with Gasteiger partial charge in [0.05, 0.1) is 0 Å². The van der Waals surface area contributed by atoms with Gasteiger partial charge >= 0.3 is 6.03 Å². The zero-order valence-corrected chi connectivity index (χ0v) is 9.88. The number of carbonyl (C=O) groups excluding carboxylic acids is 2. The fraction of sp³-hybridized carbons (Fsp3) is 0.800. The third-order valence-electron chi connectivity index (χ3n) is 2.70. The summed E-state index contributed by atoms with van der Waals surface area (Å²) in [4.78, 5) is 24.4. The van der Waals surface area contributed by atoms with E-state index in [2.05, 4.69) is 19.2 Å². The first-order chi connectivity index (χ1) is 7.06. The summed E-state index contributed by atoms with van der Waals surface area (Å²) in [6.07, 6.45) is 2.02. The molecule has 15 heavy (non-hydrogen) atoms. The first-order valence-corrected chi connectivity index (χ1v) is 5.76. The molecule has 1 unspecified atom stereocenters. The maximum Gasteiger partial charge on any atom is 0.324 e. The van der Waals surface area contributed by atoms with Gasteiger partial charge in [-0.25, -0.2) is 4.79 Å². The van der Waals surface area contributed by atoms with Crippen LogP contribution in [0, 0.1) is 5.92 Å². The monoisotopic (exact) mass is 232 g/mol. The van der Waals surface area contributed by atoms with Crippen LogP contribution < -0.4 is 5.32 Å². The van der Waals surface area contributed by atoms with E-state index in [9.17, 15) is 9.59 Å². The SMILES string of the molecule is CC(C)C1CCCN1C(=O)NC(=O)CCl. The predicted octanol–water partition coefficient (Wildman–Crippen LogP) is 1.58. The van der Waals surface area contributed by atoms with Crippen molar-refractivity contribution in [2.24, 2.45) is 5.92 Å². The summed E-state index contributed by atoms with van der Waals surface area (Å²) in [5.74, 6) is -0.188. The molecule has 0 saturated carbocycles. The number of carbonyl (C=O) groups is 2. The summed E-state index contributed by atoms with van der Waals surface area (Å²) in [7, 11) is 0. The number of amides is 3. The summed E-state index contributed by atoms with van der Waals surface area (Å²) in [6.45, 7) is 4.89. The average Bonchev–Trinajstić information content (AvgIpc) is 2.65. The summed E-state index contributed by atoms with van der Waals surface area (Å²) in [5, 5.41) is 2.27. The van der Waals surface area contributed by atoms with Crippen LogP contribution in [0.1, 0.15) is 26.7 Å². The molecule has 1 rings (SSSR count). The lowest BCUT2D eigenvalue weighted by atomic mass is 10.0. The van der Waals surface area contributed by atoms with Gasteiger partial charge in [-0.05, 0) is 18.8 Å². The molecule has 1 heterocycles. The van der Waals surface area contributed by atoms with Crippen LogP contribution in [0.3, 0.4) is 0 Å². The van der Waals surface area contributed by atoms with Crippen molar-refractivity contribution in [2.75, 3.05) is 12.4 Å². The van der Waals surface area contributed by atoms with Crippen LogP contribution in [0.4, 0.5) is 4.79 Å². The molecular weight excluding hydrogens is 216 g/mol. The lowest BCUT2D eigenvalue weighted by molar-refractivity contribution is -0.117. The molecule has 0 spiro atoms. The molecule has 0 bridgehead atoms. The summed E-state index contributed by atoms with van der Waals surface area (Å²) < 4.78 is 0. The minimum atomic E-state index is -0.434. The molecule has 1 aliphatic rings. The van der Waals surface area contributed by atoms with Crippen LogP contribution in [-0.2, 0) is 4.79 Å². The number of alkyl halides is 1. The third kappa shape index (κ3) is 3.09. The molecule has 0 radical (unpaired) electrons. The fourth-order valence-electron chi connectivity index (χ4n) is 1.96. The number of likely N-dealkylation sites (tertiary alicyclic amines) is 1. The van der Waals surface area contributed by atoms with Crippen molar-refractivity contribution in [3.8, 4) is 0 Å². The second-order valence-electron chi connectivity index (χ2n) is 4.13. The second kappa shape index (κ2) is 5.35. The molecule has 0 aromatic heterocycles. The van der Waals surface area contributed by atoms with Gasteiger partial charge in [-0.3, -0.25) is 10.1 Å². The van der Waals surface area contributed by atoms with E-state index >= 15 is 0 Å². The molecule has 4 nitrogen and oxygen atoms in total.